The lowest BCUT2D eigenvalue weighted by Gasteiger charge is -2.00. The summed E-state index contributed by atoms with van der Waals surface area (Å²) in [5.74, 6) is 0. The van der Waals surface area contributed by atoms with Crippen LogP contribution in [-0.2, 0) is 4.74 Å². The molecule has 0 aliphatic rings. The van der Waals surface area contributed by atoms with Gasteiger partial charge in [-0.1, -0.05) is 6.07 Å². The summed E-state index contributed by atoms with van der Waals surface area (Å²) in [6, 6.07) is 5.84. The quantitative estimate of drug-likeness (QED) is 0.650. The van der Waals surface area contributed by atoms with Gasteiger partial charge in [0.15, 0.2) is 6.10 Å². The molecule has 2 nitrogen and oxygen atoms in total. The second kappa shape index (κ2) is 3.35. The lowest BCUT2D eigenvalue weighted by molar-refractivity contribution is 0.151. The third-order valence-electron chi connectivity index (χ3n) is 1.15. The minimum absolute atomic E-state index is 0.389. The van der Waals surface area contributed by atoms with Gasteiger partial charge >= 0.3 is 0 Å². The fraction of sp³-hybridized carbons (Fsp3) is 0.286. The maximum absolute atomic E-state index is 8.53. The fourth-order valence-corrected chi connectivity index (χ4v) is 1.42. The number of hydrogen-bond donors (Lipinski definition) is 0. The first kappa shape index (κ1) is 7.26. The van der Waals surface area contributed by atoms with Gasteiger partial charge in [-0.3, -0.25) is 0 Å². The molecule has 3 heteroatoms. The maximum atomic E-state index is 8.53. The highest BCUT2D eigenvalue weighted by Gasteiger charge is 2.07. The van der Waals surface area contributed by atoms with Gasteiger partial charge in [-0.25, -0.2) is 0 Å². The molecule has 1 rings (SSSR count). The number of ether oxygens (including phenoxy) is 1. The first-order valence-electron chi connectivity index (χ1n) is 2.84. The van der Waals surface area contributed by atoms with Crippen molar-refractivity contribution in [3.05, 3.63) is 22.4 Å². The fourth-order valence-electron chi connectivity index (χ4n) is 0.673. The van der Waals surface area contributed by atoms with Gasteiger partial charge in [0.05, 0.1) is 0 Å². The first-order valence-corrected chi connectivity index (χ1v) is 3.72. The van der Waals surface area contributed by atoms with Crippen molar-refractivity contribution in [2.45, 2.75) is 6.10 Å². The molecule has 0 radical (unpaired) electrons. The van der Waals surface area contributed by atoms with Crippen molar-refractivity contribution in [3.63, 3.8) is 0 Å². The van der Waals surface area contributed by atoms with Crippen molar-refractivity contribution in [2.75, 3.05) is 7.11 Å². The van der Waals surface area contributed by atoms with Crippen LogP contribution in [0.25, 0.3) is 0 Å². The van der Waals surface area contributed by atoms with E-state index in [-0.39, 0.29) is 6.10 Å². The van der Waals surface area contributed by atoms with E-state index in [4.69, 9.17) is 10.00 Å². The highest BCUT2D eigenvalue weighted by atomic mass is 32.1. The summed E-state index contributed by atoms with van der Waals surface area (Å²) in [6.07, 6.45) is -0.389. The van der Waals surface area contributed by atoms with Crippen LogP contribution in [0.5, 0.6) is 0 Å². The molecule has 1 aromatic heterocycles. The van der Waals surface area contributed by atoms with Gasteiger partial charge in [0.25, 0.3) is 0 Å². The Morgan fingerprint density at radius 3 is 3.00 bits per heavy atom. The van der Waals surface area contributed by atoms with Gasteiger partial charge in [-0.2, -0.15) is 5.26 Å². The predicted octanol–water partition coefficient (Wildman–Crippen LogP) is 1.96. The SMILES string of the molecule is COC(C#N)c1cccs1. The average Bonchev–Trinajstić information content (AvgIpc) is 2.43. The van der Waals surface area contributed by atoms with Crippen molar-refractivity contribution in [2.24, 2.45) is 0 Å². The maximum Gasteiger partial charge on any atom is 0.177 e. The summed E-state index contributed by atoms with van der Waals surface area (Å²) in [5.41, 5.74) is 0. The van der Waals surface area contributed by atoms with Crippen LogP contribution < -0.4 is 0 Å². The Balaban J connectivity index is 2.76. The summed E-state index contributed by atoms with van der Waals surface area (Å²) in [4.78, 5) is 0.963. The van der Waals surface area contributed by atoms with Crippen LogP contribution in [0.15, 0.2) is 17.5 Å². The van der Waals surface area contributed by atoms with Crippen LogP contribution >= 0.6 is 11.3 Å². The van der Waals surface area contributed by atoms with Crippen molar-refractivity contribution >= 4 is 11.3 Å². The molecule has 1 atom stereocenters. The molecule has 0 amide bonds. The topological polar surface area (TPSA) is 33.0 Å². The van der Waals surface area contributed by atoms with Gasteiger partial charge in [0, 0.05) is 12.0 Å². The Morgan fingerprint density at radius 1 is 1.80 bits per heavy atom. The van der Waals surface area contributed by atoms with Crippen LogP contribution in [0.2, 0.25) is 0 Å². The largest absolute Gasteiger partial charge is 0.361 e. The average molecular weight is 153 g/mol. The molecule has 0 aromatic carbocycles. The molecule has 1 aromatic rings. The summed E-state index contributed by atoms with van der Waals surface area (Å²) >= 11 is 1.53. The third kappa shape index (κ3) is 1.35. The molecule has 1 unspecified atom stereocenters. The van der Waals surface area contributed by atoms with Crippen LogP contribution in [-0.4, -0.2) is 7.11 Å². The monoisotopic (exact) mass is 153 g/mol. The summed E-state index contributed by atoms with van der Waals surface area (Å²) in [5, 5.41) is 10.5. The Kier molecular flexibility index (Phi) is 2.43. The third-order valence-corrected chi connectivity index (χ3v) is 2.07. The first-order chi connectivity index (χ1) is 4.88. The van der Waals surface area contributed by atoms with Gasteiger partial charge in [0.1, 0.15) is 6.07 Å². The van der Waals surface area contributed by atoms with E-state index in [1.165, 1.54) is 18.4 Å². The van der Waals surface area contributed by atoms with Gasteiger partial charge in [0.2, 0.25) is 0 Å². The predicted molar refractivity (Wildman–Crippen MR) is 39.7 cm³/mol. The van der Waals surface area contributed by atoms with E-state index in [2.05, 4.69) is 0 Å². The van der Waals surface area contributed by atoms with Crippen molar-refractivity contribution in [1.29, 1.82) is 5.26 Å². The van der Waals surface area contributed by atoms with Crippen LogP contribution in [0, 0.1) is 11.3 Å². The molecule has 0 saturated carbocycles. The molecule has 10 heavy (non-hydrogen) atoms. The van der Waals surface area contributed by atoms with E-state index in [1.807, 2.05) is 23.6 Å². The Labute approximate surface area is 63.7 Å². The molecular weight excluding hydrogens is 146 g/mol. The molecule has 0 N–H and O–H groups in total. The van der Waals surface area contributed by atoms with E-state index < -0.39 is 0 Å². The number of hydrogen-bond acceptors (Lipinski definition) is 3. The molecule has 52 valence electrons. The zero-order chi connectivity index (χ0) is 7.40. The summed E-state index contributed by atoms with van der Waals surface area (Å²) < 4.78 is 4.89. The molecule has 0 saturated heterocycles. The van der Waals surface area contributed by atoms with Crippen LogP contribution in [0.4, 0.5) is 0 Å². The summed E-state index contributed by atoms with van der Waals surface area (Å²) in [6.45, 7) is 0. The number of thiophene rings is 1. The van der Waals surface area contributed by atoms with Crippen LogP contribution in [0.1, 0.15) is 11.0 Å². The van der Waals surface area contributed by atoms with Crippen molar-refractivity contribution in [3.8, 4) is 6.07 Å². The second-order valence-corrected chi connectivity index (χ2v) is 2.74. The zero-order valence-corrected chi connectivity index (χ0v) is 6.39. The van der Waals surface area contributed by atoms with Gasteiger partial charge in [-0.15, -0.1) is 11.3 Å². The van der Waals surface area contributed by atoms with E-state index in [1.54, 1.807) is 0 Å². The molecular formula is C7H7NOS. The van der Waals surface area contributed by atoms with E-state index in [9.17, 15) is 0 Å². The zero-order valence-electron chi connectivity index (χ0n) is 5.57. The molecule has 1 heterocycles. The van der Waals surface area contributed by atoms with E-state index >= 15 is 0 Å². The lowest BCUT2D eigenvalue weighted by Crippen LogP contribution is -1.93. The van der Waals surface area contributed by atoms with Crippen molar-refractivity contribution in [1.82, 2.24) is 0 Å². The summed E-state index contributed by atoms with van der Waals surface area (Å²) in [7, 11) is 1.54. The number of rotatable bonds is 2. The van der Waals surface area contributed by atoms with Crippen LogP contribution in [0.3, 0.4) is 0 Å². The van der Waals surface area contributed by atoms with E-state index in [0.29, 0.717) is 0 Å². The second-order valence-electron chi connectivity index (χ2n) is 1.76. The molecule has 0 bridgehead atoms. The Bertz CT molecular complexity index is 224. The highest BCUT2D eigenvalue weighted by Crippen LogP contribution is 2.20. The number of methoxy groups -OCH3 is 1. The standard InChI is InChI=1S/C7H7NOS/c1-9-6(5-8)7-3-2-4-10-7/h2-4,6H,1H3. The number of nitriles is 1. The van der Waals surface area contributed by atoms with Gasteiger partial charge < -0.3 is 4.74 Å². The smallest absolute Gasteiger partial charge is 0.177 e. The Hall–Kier alpha value is -0.850. The molecule has 0 fully saturated rings. The van der Waals surface area contributed by atoms with Crippen molar-refractivity contribution < 1.29 is 4.74 Å². The Morgan fingerprint density at radius 2 is 2.60 bits per heavy atom. The lowest BCUT2D eigenvalue weighted by atomic mass is 10.3. The normalized spacial score (nSPS) is 12.4. The number of nitrogens with zero attached hydrogens (tertiary/aromatic N) is 1. The highest BCUT2D eigenvalue weighted by molar-refractivity contribution is 7.10. The van der Waals surface area contributed by atoms with Gasteiger partial charge in [-0.05, 0) is 11.4 Å². The molecule has 0 aliphatic heterocycles. The van der Waals surface area contributed by atoms with E-state index in [0.717, 1.165) is 4.88 Å². The minimum Gasteiger partial charge on any atom is -0.361 e. The molecule has 0 spiro atoms. The minimum atomic E-state index is -0.389. The molecule has 0 aliphatic carbocycles.